The molecule has 2 heterocycles. The van der Waals surface area contributed by atoms with Gasteiger partial charge in [0.05, 0.1) is 6.07 Å². The molecular weight excluding hydrogens is 212 g/mol. The maximum Gasteiger partial charge on any atom is 0.145 e. The molecule has 1 aliphatic rings. The van der Waals surface area contributed by atoms with E-state index >= 15 is 0 Å². The highest BCUT2D eigenvalue weighted by Gasteiger charge is 2.19. The first-order valence-electron chi connectivity index (χ1n) is 5.77. The summed E-state index contributed by atoms with van der Waals surface area (Å²) in [5.74, 6) is 1.02. The average molecular weight is 226 g/mol. The van der Waals surface area contributed by atoms with E-state index in [-0.39, 0.29) is 5.92 Å². The number of rotatable bonds is 1. The Labute approximate surface area is 101 Å². The van der Waals surface area contributed by atoms with E-state index < -0.39 is 0 Å². The second kappa shape index (κ2) is 4.84. The zero-order valence-electron chi connectivity index (χ0n) is 9.85. The third-order valence-corrected chi connectivity index (χ3v) is 3.19. The van der Waals surface area contributed by atoms with Crippen LogP contribution in [0.1, 0.15) is 24.1 Å². The Bertz CT molecular complexity index is 487. The summed E-state index contributed by atoms with van der Waals surface area (Å²) >= 11 is 0. The Morgan fingerprint density at radius 2 is 2.00 bits per heavy atom. The van der Waals surface area contributed by atoms with E-state index in [9.17, 15) is 0 Å². The van der Waals surface area contributed by atoms with Crippen LogP contribution in [0.4, 0.5) is 5.82 Å². The average Bonchev–Trinajstić information content (AvgIpc) is 2.39. The maximum absolute atomic E-state index is 8.95. The number of aromatic nitrogens is 1. The number of hydrogen-bond acceptors (Lipinski definition) is 4. The zero-order valence-corrected chi connectivity index (χ0v) is 9.85. The van der Waals surface area contributed by atoms with Crippen LogP contribution in [0.5, 0.6) is 0 Å². The minimum atomic E-state index is 0.173. The molecule has 2 rings (SSSR count). The Kier molecular flexibility index (Phi) is 3.25. The second-order valence-electron chi connectivity index (χ2n) is 4.34. The fraction of sp³-hybridized carbons (Fsp3) is 0.462. The summed E-state index contributed by atoms with van der Waals surface area (Å²) in [6.45, 7) is 3.58. The predicted molar refractivity (Wildman–Crippen MR) is 64.2 cm³/mol. The number of hydrogen-bond donors (Lipinski definition) is 0. The van der Waals surface area contributed by atoms with E-state index in [2.05, 4.69) is 22.0 Å². The van der Waals surface area contributed by atoms with Crippen molar-refractivity contribution in [2.75, 3.05) is 18.0 Å². The molecule has 0 atom stereocenters. The molecule has 0 radical (unpaired) electrons. The molecule has 0 saturated carbocycles. The number of nitriles is 2. The predicted octanol–water partition coefficient (Wildman–Crippen LogP) is 2.00. The molecule has 0 amide bonds. The summed E-state index contributed by atoms with van der Waals surface area (Å²) in [6, 6.07) is 8.29. The highest BCUT2D eigenvalue weighted by atomic mass is 15.2. The first kappa shape index (κ1) is 11.4. The van der Waals surface area contributed by atoms with Gasteiger partial charge in [0.2, 0.25) is 0 Å². The van der Waals surface area contributed by atoms with E-state index in [4.69, 9.17) is 10.5 Å². The maximum atomic E-state index is 8.95. The van der Waals surface area contributed by atoms with E-state index in [1.807, 2.05) is 19.1 Å². The van der Waals surface area contributed by atoms with Crippen molar-refractivity contribution in [2.45, 2.75) is 19.8 Å². The Hall–Kier alpha value is -2.07. The molecule has 17 heavy (non-hydrogen) atoms. The number of nitrogens with zero attached hydrogens (tertiary/aromatic N) is 4. The quantitative estimate of drug-likeness (QED) is 0.734. The highest BCUT2D eigenvalue weighted by Crippen LogP contribution is 2.22. The lowest BCUT2D eigenvalue weighted by molar-refractivity contribution is 0.485. The molecule has 4 heteroatoms. The molecule has 4 nitrogen and oxygen atoms in total. The largest absolute Gasteiger partial charge is 0.356 e. The van der Waals surface area contributed by atoms with Gasteiger partial charge in [-0.2, -0.15) is 10.5 Å². The van der Waals surface area contributed by atoms with Crippen molar-refractivity contribution in [3.05, 3.63) is 23.4 Å². The standard InChI is InChI=1S/C13H14N4/c1-10-2-3-13(16-12(10)9-15)17-6-4-11(8-14)5-7-17/h2-3,11H,4-7H2,1H3. The summed E-state index contributed by atoms with van der Waals surface area (Å²) in [6.07, 6.45) is 1.77. The van der Waals surface area contributed by atoms with Crippen LogP contribution in [0.25, 0.3) is 0 Å². The van der Waals surface area contributed by atoms with Crippen molar-refractivity contribution < 1.29 is 0 Å². The molecular formula is C13H14N4. The van der Waals surface area contributed by atoms with Crippen molar-refractivity contribution in [2.24, 2.45) is 5.92 Å². The van der Waals surface area contributed by atoms with Gasteiger partial charge in [0.25, 0.3) is 0 Å². The number of pyridine rings is 1. The van der Waals surface area contributed by atoms with Gasteiger partial charge >= 0.3 is 0 Å². The minimum absolute atomic E-state index is 0.173. The molecule has 0 bridgehead atoms. The molecule has 1 saturated heterocycles. The van der Waals surface area contributed by atoms with Crippen LogP contribution in [-0.2, 0) is 0 Å². The molecule has 1 aromatic heterocycles. The Morgan fingerprint density at radius 1 is 1.29 bits per heavy atom. The van der Waals surface area contributed by atoms with E-state index in [1.54, 1.807) is 0 Å². The van der Waals surface area contributed by atoms with Crippen LogP contribution < -0.4 is 4.90 Å². The Balaban J connectivity index is 2.14. The molecule has 0 N–H and O–H groups in total. The van der Waals surface area contributed by atoms with Gasteiger partial charge in [-0.3, -0.25) is 0 Å². The summed E-state index contributed by atoms with van der Waals surface area (Å²) < 4.78 is 0. The third kappa shape index (κ3) is 2.37. The lowest BCUT2D eigenvalue weighted by Gasteiger charge is -2.30. The van der Waals surface area contributed by atoms with Crippen LogP contribution in [0.15, 0.2) is 12.1 Å². The number of piperidine rings is 1. The van der Waals surface area contributed by atoms with Gasteiger partial charge in [-0.05, 0) is 31.4 Å². The topological polar surface area (TPSA) is 63.7 Å². The Morgan fingerprint density at radius 3 is 2.59 bits per heavy atom. The van der Waals surface area contributed by atoms with Crippen molar-refractivity contribution >= 4 is 5.82 Å². The van der Waals surface area contributed by atoms with Gasteiger partial charge in [-0.1, -0.05) is 6.07 Å². The van der Waals surface area contributed by atoms with Crippen molar-refractivity contribution in [1.82, 2.24) is 4.98 Å². The summed E-state index contributed by atoms with van der Waals surface area (Å²) in [5, 5.41) is 17.8. The van der Waals surface area contributed by atoms with Gasteiger partial charge < -0.3 is 4.90 Å². The third-order valence-electron chi connectivity index (χ3n) is 3.19. The lowest BCUT2D eigenvalue weighted by atomic mass is 9.98. The van der Waals surface area contributed by atoms with Crippen LogP contribution in [0.2, 0.25) is 0 Å². The zero-order chi connectivity index (χ0) is 12.3. The summed E-state index contributed by atoms with van der Waals surface area (Å²) in [5.41, 5.74) is 1.40. The van der Waals surface area contributed by atoms with Gasteiger partial charge in [-0.25, -0.2) is 4.98 Å². The summed E-state index contributed by atoms with van der Waals surface area (Å²) in [4.78, 5) is 6.49. The van der Waals surface area contributed by atoms with E-state index in [0.29, 0.717) is 5.69 Å². The molecule has 0 unspecified atom stereocenters. The van der Waals surface area contributed by atoms with Crippen molar-refractivity contribution in [1.29, 1.82) is 10.5 Å². The monoisotopic (exact) mass is 226 g/mol. The van der Waals surface area contributed by atoms with Gasteiger partial charge in [0.1, 0.15) is 17.6 Å². The molecule has 86 valence electrons. The SMILES string of the molecule is Cc1ccc(N2CCC(C#N)CC2)nc1C#N. The first-order chi connectivity index (χ1) is 8.24. The fourth-order valence-electron chi connectivity index (χ4n) is 2.05. The first-order valence-corrected chi connectivity index (χ1v) is 5.77. The van der Waals surface area contributed by atoms with Crippen LogP contribution in [-0.4, -0.2) is 18.1 Å². The second-order valence-corrected chi connectivity index (χ2v) is 4.34. The molecule has 0 spiro atoms. The van der Waals surface area contributed by atoms with Crippen molar-refractivity contribution in [3.63, 3.8) is 0 Å². The molecule has 1 aromatic rings. The molecule has 1 fully saturated rings. The highest BCUT2D eigenvalue weighted by molar-refractivity contribution is 5.45. The lowest BCUT2D eigenvalue weighted by Crippen LogP contribution is -2.33. The van der Waals surface area contributed by atoms with Crippen molar-refractivity contribution in [3.8, 4) is 12.1 Å². The fourth-order valence-corrected chi connectivity index (χ4v) is 2.05. The molecule has 0 aromatic carbocycles. The van der Waals surface area contributed by atoms with Crippen LogP contribution in [0.3, 0.4) is 0 Å². The van der Waals surface area contributed by atoms with Gasteiger partial charge in [0, 0.05) is 19.0 Å². The van der Waals surface area contributed by atoms with E-state index in [0.717, 1.165) is 37.3 Å². The van der Waals surface area contributed by atoms with Crippen LogP contribution in [0, 0.1) is 35.5 Å². The summed E-state index contributed by atoms with van der Waals surface area (Å²) in [7, 11) is 0. The number of anilines is 1. The van der Waals surface area contributed by atoms with Crippen LogP contribution >= 0.6 is 0 Å². The molecule has 0 aliphatic carbocycles. The van der Waals surface area contributed by atoms with E-state index in [1.165, 1.54) is 0 Å². The normalized spacial score (nSPS) is 16.3. The van der Waals surface area contributed by atoms with Gasteiger partial charge in [-0.15, -0.1) is 0 Å². The molecule has 1 aliphatic heterocycles. The van der Waals surface area contributed by atoms with Gasteiger partial charge in [0.15, 0.2) is 0 Å². The smallest absolute Gasteiger partial charge is 0.145 e. The number of aryl methyl sites for hydroxylation is 1. The minimum Gasteiger partial charge on any atom is -0.356 e.